The summed E-state index contributed by atoms with van der Waals surface area (Å²) in [5, 5.41) is 0. The quantitative estimate of drug-likeness (QED) is 0.628. The first kappa shape index (κ1) is 19.0. The lowest BCUT2D eigenvalue weighted by Gasteiger charge is -2.26. The Morgan fingerprint density at radius 1 is 0.964 bits per heavy atom. The number of hydrogen-bond acceptors (Lipinski definition) is 3. The second-order valence-corrected chi connectivity index (χ2v) is 7.70. The standard InChI is InChI=1S/C22H31N5O/c1-3-26-19-10-9-18(15-20(19)27(4-2)22(26)28)21-16-23-17-25(21)14-8-13-24-11-6-5-7-12-24/h9-10,15-17H,3-8,11-14H2,1-2H3. The molecule has 0 amide bonds. The molecule has 150 valence electrons. The minimum absolute atomic E-state index is 0.0761. The number of rotatable bonds is 7. The SMILES string of the molecule is CCn1c(=O)n(CC)c2cc(-c3cncn3CCCN3CCCCC3)ccc21. The fourth-order valence-corrected chi connectivity index (χ4v) is 4.48. The van der Waals surface area contributed by atoms with Gasteiger partial charge in [0, 0.05) is 25.2 Å². The topological polar surface area (TPSA) is 48.0 Å². The van der Waals surface area contributed by atoms with Crippen LogP contribution >= 0.6 is 0 Å². The molecule has 0 unspecified atom stereocenters. The number of hydrogen-bond donors (Lipinski definition) is 0. The molecule has 1 saturated heterocycles. The van der Waals surface area contributed by atoms with Crippen molar-refractivity contribution in [2.24, 2.45) is 0 Å². The summed E-state index contributed by atoms with van der Waals surface area (Å²) in [6, 6.07) is 6.34. The smallest absolute Gasteiger partial charge is 0.329 e. The van der Waals surface area contributed by atoms with Gasteiger partial charge in [0.2, 0.25) is 0 Å². The number of fused-ring (bicyclic) bond motifs is 1. The van der Waals surface area contributed by atoms with E-state index in [4.69, 9.17) is 0 Å². The van der Waals surface area contributed by atoms with Crippen LogP contribution in [0, 0.1) is 0 Å². The van der Waals surface area contributed by atoms with Gasteiger partial charge < -0.3 is 9.47 Å². The van der Waals surface area contributed by atoms with Gasteiger partial charge in [-0.15, -0.1) is 0 Å². The number of imidazole rings is 2. The molecule has 0 saturated carbocycles. The molecular formula is C22H31N5O. The van der Waals surface area contributed by atoms with Crippen LogP contribution in [0.25, 0.3) is 22.3 Å². The van der Waals surface area contributed by atoms with Crippen LogP contribution in [0.2, 0.25) is 0 Å². The molecule has 3 aromatic rings. The third kappa shape index (κ3) is 3.53. The van der Waals surface area contributed by atoms with Gasteiger partial charge in [-0.2, -0.15) is 0 Å². The van der Waals surface area contributed by atoms with Gasteiger partial charge >= 0.3 is 5.69 Å². The first-order valence-electron chi connectivity index (χ1n) is 10.7. The second-order valence-electron chi connectivity index (χ2n) is 7.70. The molecule has 28 heavy (non-hydrogen) atoms. The molecule has 0 radical (unpaired) electrons. The highest BCUT2D eigenvalue weighted by molar-refractivity contribution is 5.82. The molecule has 0 bridgehead atoms. The molecule has 6 nitrogen and oxygen atoms in total. The summed E-state index contributed by atoms with van der Waals surface area (Å²) in [5.41, 5.74) is 4.34. The normalized spacial score (nSPS) is 15.5. The van der Waals surface area contributed by atoms with Crippen molar-refractivity contribution in [3.05, 3.63) is 41.2 Å². The van der Waals surface area contributed by atoms with E-state index in [1.54, 1.807) is 0 Å². The van der Waals surface area contributed by atoms with Gasteiger partial charge in [-0.25, -0.2) is 9.78 Å². The minimum Gasteiger partial charge on any atom is -0.331 e. The molecule has 4 rings (SSSR count). The molecule has 1 aliphatic heterocycles. The molecule has 1 aliphatic rings. The van der Waals surface area contributed by atoms with Crippen molar-refractivity contribution in [2.45, 2.75) is 59.2 Å². The van der Waals surface area contributed by atoms with Crippen molar-refractivity contribution in [2.75, 3.05) is 19.6 Å². The summed E-state index contributed by atoms with van der Waals surface area (Å²) in [4.78, 5) is 19.6. The van der Waals surface area contributed by atoms with Crippen LogP contribution in [-0.4, -0.2) is 43.2 Å². The zero-order chi connectivity index (χ0) is 19.5. The Kier molecular flexibility index (Phi) is 5.67. The van der Waals surface area contributed by atoms with Crippen LogP contribution in [0.3, 0.4) is 0 Å². The van der Waals surface area contributed by atoms with Gasteiger partial charge in [0.1, 0.15) is 0 Å². The highest BCUT2D eigenvalue weighted by atomic mass is 16.1. The maximum atomic E-state index is 12.6. The van der Waals surface area contributed by atoms with E-state index in [-0.39, 0.29) is 5.69 Å². The Morgan fingerprint density at radius 3 is 2.46 bits per heavy atom. The van der Waals surface area contributed by atoms with E-state index in [1.165, 1.54) is 32.4 Å². The summed E-state index contributed by atoms with van der Waals surface area (Å²) in [5.74, 6) is 0. The third-order valence-corrected chi connectivity index (χ3v) is 5.98. The van der Waals surface area contributed by atoms with Gasteiger partial charge in [-0.1, -0.05) is 12.5 Å². The summed E-state index contributed by atoms with van der Waals surface area (Å²) >= 11 is 0. The Labute approximate surface area is 166 Å². The summed E-state index contributed by atoms with van der Waals surface area (Å²) in [6.07, 6.45) is 9.07. The zero-order valence-electron chi connectivity index (χ0n) is 17.1. The van der Waals surface area contributed by atoms with E-state index in [0.29, 0.717) is 13.1 Å². The average Bonchev–Trinajstić information content (AvgIpc) is 3.29. The Bertz CT molecular complexity index is 990. The first-order chi connectivity index (χ1) is 13.7. The van der Waals surface area contributed by atoms with Gasteiger partial charge in [0.25, 0.3) is 0 Å². The van der Waals surface area contributed by atoms with Crippen molar-refractivity contribution in [1.29, 1.82) is 0 Å². The number of nitrogens with zero attached hydrogens (tertiary/aromatic N) is 5. The largest absolute Gasteiger partial charge is 0.331 e. The van der Waals surface area contributed by atoms with Gasteiger partial charge in [-0.3, -0.25) is 9.13 Å². The molecule has 1 fully saturated rings. The minimum atomic E-state index is 0.0761. The summed E-state index contributed by atoms with van der Waals surface area (Å²) in [6.45, 7) is 10.0. The van der Waals surface area contributed by atoms with Crippen molar-refractivity contribution < 1.29 is 0 Å². The zero-order valence-corrected chi connectivity index (χ0v) is 17.1. The highest BCUT2D eigenvalue weighted by Crippen LogP contribution is 2.24. The van der Waals surface area contributed by atoms with Gasteiger partial charge in [0.05, 0.1) is 29.3 Å². The lowest BCUT2D eigenvalue weighted by Crippen LogP contribution is -2.31. The molecule has 3 heterocycles. The Balaban J connectivity index is 1.57. The molecule has 0 atom stereocenters. The average molecular weight is 382 g/mol. The van der Waals surface area contributed by atoms with E-state index < -0.39 is 0 Å². The number of benzene rings is 1. The maximum absolute atomic E-state index is 12.6. The van der Waals surface area contributed by atoms with Crippen molar-refractivity contribution in [3.8, 4) is 11.3 Å². The molecule has 6 heteroatoms. The van der Waals surface area contributed by atoms with Gasteiger partial charge in [0.15, 0.2) is 0 Å². The molecule has 0 aliphatic carbocycles. The molecule has 0 N–H and O–H groups in total. The van der Waals surface area contributed by atoms with Crippen molar-refractivity contribution >= 4 is 11.0 Å². The summed E-state index contributed by atoms with van der Waals surface area (Å²) in [7, 11) is 0. The molecular weight excluding hydrogens is 350 g/mol. The van der Waals surface area contributed by atoms with Crippen molar-refractivity contribution in [1.82, 2.24) is 23.6 Å². The predicted molar refractivity (Wildman–Crippen MR) is 114 cm³/mol. The molecule has 0 spiro atoms. The molecule has 1 aromatic carbocycles. The van der Waals surface area contributed by atoms with Crippen molar-refractivity contribution in [3.63, 3.8) is 0 Å². The first-order valence-corrected chi connectivity index (χ1v) is 10.7. The van der Waals surface area contributed by atoms with Gasteiger partial charge in [-0.05, 0) is 64.9 Å². The Morgan fingerprint density at radius 2 is 1.71 bits per heavy atom. The van der Waals surface area contributed by atoms with E-state index in [0.717, 1.165) is 41.8 Å². The van der Waals surface area contributed by atoms with E-state index >= 15 is 0 Å². The van der Waals surface area contributed by atoms with Crippen LogP contribution in [-0.2, 0) is 19.6 Å². The third-order valence-electron chi connectivity index (χ3n) is 5.98. The van der Waals surface area contributed by atoms with Crippen LogP contribution in [0.15, 0.2) is 35.5 Å². The second kappa shape index (κ2) is 8.35. The number of aryl methyl sites for hydroxylation is 3. The number of aromatic nitrogens is 4. The highest BCUT2D eigenvalue weighted by Gasteiger charge is 2.14. The lowest BCUT2D eigenvalue weighted by molar-refractivity contribution is 0.223. The Hall–Kier alpha value is -2.34. The monoisotopic (exact) mass is 381 g/mol. The summed E-state index contributed by atoms with van der Waals surface area (Å²) < 4.78 is 5.95. The fourth-order valence-electron chi connectivity index (χ4n) is 4.48. The maximum Gasteiger partial charge on any atom is 0.329 e. The number of likely N-dealkylation sites (tertiary alicyclic amines) is 1. The van der Waals surface area contributed by atoms with E-state index in [1.807, 2.05) is 35.5 Å². The van der Waals surface area contributed by atoms with Crippen LogP contribution in [0.1, 0.15) is 39.5 Å². The lowest BCUT2D eigenvalue weighted by atomic mass is 10.1. The molecule has 2 aromatic heterocycles. The predicted octanol–water partition coefficient (Wildman–Crippen LogP) is 3.58. The number of piperidine rings is 1. The van der Waals surface area contributed by atoms with Crippen LogP contribution < -0.4 is 5.69 Å². The van der Waals surface area contributed by atoms with E-state index in [9.17, 15) is 4.79 Å². The van der Waals surface area contributed by atoms with Crippen LogP contribution in [0.5, 0.6) is 0 Å². The van der Waals surface area contributed by atoms with Crippen LogP contribution in [0.4, 0.5) is 0 Å². The van der Waals surface area contributed by atoms with E-state index in [2.05, 4.69) is 32.7 Å². The fraction of sp³-hybridized carbons (Fsp3) is 0.545.